The predicted molar refractivity (Wildman–Crippen MR) is 140 cm³/mol. The number of hydrogen-bond acceptors (Lipinski definition) is 5. The fraction of sp³-hybridized carbons (Fsp3) is 0.296. The topological polar surface area (TPSA) is 73.7 Å². The van der Waals surface area contributed by atoms with E-state index in [2.05, 4.69) is 5.10 Å². The summed E-state index contributed by atoms with van der Waals surface area (Å²) in [6, 6.07) is 10.9. The first-order valence-corrected chi connectivity index (χ1v) is 12.4. The summed E-state index contributed by atoms with van der Waals surface area (Å²) in [6.45, 7) is 7.39. The second kappa shape index (κ2) is 10.6. The number of carbonyl (C=O) groups excluding carboxylic acids is 2. The summed E-state index contributed by atoms with van der Waals surface area (Å²) >= 11 is 12.6. The van der Waals surface area contributed by atoms with Gasteiger partial charge in [0.25, 0.3) is 0 Å². The summed E-state index contributed by atoms with van der Waals surface area (Å²) in [4.78, 5) is 27.5. The molecule has 0 N–H and O–H groups in total. The highest BCUT2D eigenvalue weighted by atomic mass is 35.5. The summed E-state index contributed by atoms with van der Waals surface area (Å²) in [5.41, 5.74) is 2.23. The van der Waals surface area contributed by atoms with E-state index in [9.17, 15) is 14.0 Å². The van der Waals surface area contributed by atoms with E-state index in [0.717, 1.165) is 0 Å². The molecule has 2 heterocycles. The van der Waals surface area contributed by atoms with Gasteiger partial charge in [-0.1, -0.05) is 35.3 Å². The SMILES string of the molecule is CCOC(=O)c1nn(-c2ccc(Cl)cc2Cl)c2c1CN(C(=O)OC(C)(C)C)C/C2=C\c1ccc(F)cc1. The van der Waals surface area contributed by atoms with Crippen LogP contribution in [0.3, 0.4) is 0 Å². The number of nitrogens with zero attached hydrogens (tertiary/aromatic N) is 3. The molecule has 3 aromatic rings. The van der Waals surface area contributed by atoms with Gasteiger partial charge in [0.2, 0.25) is 0 Å². The number of esters is 1. The zero-order chi connectivity index (χ0) is 26.9. The molecule has 0 fully saturated rings. The van der Waals surface area contributed by atoms with Gasteiger partial charge in [0.15, 0.2) is 5.69 Å². The van der Waals surface area contributed by atoms with E-state index in [1.165, 1.54) is 17.0 Å². The Hall–Kier alpha value is -3.36. The molecule has 0 bridgehead atoms. The first kappa shape index (κ1) is 26.7. The number of aromatic nitrogens is 2. The van der Waals surface area contributed by atoms with Crippen molar-refractivity contribution in [3.8, 4) is 5.69 Å². The molecule has 2 aromatic carbocycles. The first-order chi connectivity index (χ1) is 17.5. The van der Waals surface area contributed by atoms with E-state index in [4.69, 9.17) is 32.7 Å². The summed E-state index contributed by atoms with van der Waals surface area (Å²) in [7, 11) is 0. The van der Waals surface area contributed by atoms with Crippen molar-refractivity contribution >= 4 is 46.9 Å². The standard InChI is InChI=1S/C27H26Cl2FN3O4/c1-5-36-25(34)23-20-15-32(26(35)37-27(2,3)4)14-17(12-16-6-9-19(30)10-7-16)24(20)33(31-23)22-11-8-18(28)13-21(22)29/h6-13H,5,14-15H2,1-4H3/b17-12+. The Bertz CT molecular complexity index is 1380. The molecule has 0 aliphatic carbocycles. The fourth-order valence-electron chi connectivity index (χ4n) is 3.98. The van der Waals surface area contributed by atoms with Gasteiger partial charge < -0.3 is 9.47 Å². The van der Waals surface area contributed by atoms with Crippen LogP contribution in [0.4, 0.5) is 9.18 Å². The van der Waals surface area contributed by atoms with Crippen LogP contribution in [0.1, 0.15) is 55.0 Å². The van der Waals surface area contributed by atoms with Crippen LogP contribution in [0, 0.1) is 5.82 Å². The predicted octanol–water partition coefficient (Wildman–Crippen LogP) is 6.79. The lowest BCUT2D eigenvalue weighted by molar-refractivity contribution is 0.0251. The monoisotopic (exact) mass is 545 g/mol. The van der Waals surface area contributed by atoms with E-state index in [1.807, 2.05) is 6.08 Å². The minimum atomic E-state index is -0.719. The van der Waals surface area contributed by atoms with Crippen molar-refractivity contribution in [3.63, 3.8) is 0 Å². The Morgan fingerprint density at radius 1 is 1.11 bits per heavy atom. The lowest BCUT2D eigenvalue weighted by Crippen LogP contribution is -2.40. The smallest absolute Gasteiger partial charge is 0.410 e. The molecular weight excluding hydrogens is 520 g/mol. The molecule has 0 saturated heterocycles. The first-order valence-electron chi connectivity index (χ1n) is 11.7. The molecule has 4 rings (SSSR count). The van der Waals surface area contributed by atoms with Crippen molar-refractivity contribution in [1.82, 2.24) is 14.7 Å². The van der Waals surface area contributed by atoms with E-state index in [-0.39, 0.29) is 31.2 Å². The highest BCUT2D eigenvalue weighted by Gasteiger charge is 2.36. The van der Waals surface area contributed by atoms with Crippen molar-refractivity contribution in [2.45, 2.75) is 39.8 Å². The number of hydrogen-bond donors (Lipinski definition) is 0. The van der Waals surface area contributed by atoms with Gasteiger partial charge in [-0.25, -0.2) is 18.7 Å². The van der Waals surface area contributed by atoms with Gasteiger partial charge >= 0.3 is 12.1 Å². The Balaban J connectivity index is 1.94. The Labute approximate surface area is 224 Å². The third kappa shape index (κ3) is 5.97. The molecule has 0 radical (unpaired) electrons. The number of fused-ring (bicyclic) bond motifs is 1. The number of halogens is 3. The molecule has 1 aromatic heterocycles. The number of ether oxygens (including phenoxy) is 2. The molecule has 0 saturated carbocycles. The Kier molecular flexibility index (Phi) is 7.62. The lowest BCUT2D eigenvalue weighted by Gasteiger charge is -2.32. The van der Waals surface area contributed by atoms with Crippen molar-refractivity contribution in [2.24, 2.45) is 0 Å². The number of amides is 1. The van der Waals surface area contributed by atoms with Crippen LogP contribution in [-0.4, -0.2) is 45.5 Å². The van der Waals surface area contributed by atoms with Gasteiger partial charge in [0.1, 0.15) is 11.4 Å². The van der Waals surface area contributed by atoms with Gasteiger partial charge in [-0.3, -0.25) is 4.90 Å². The van der Waals surface area contributed by atoms with Crippen LogP contribution < -0.4 is 0 Å². The van der Waals surface area contributed by atoms with E-state index in [0.29, 0.717) is 38.1 Å². The van der Waals surface area contributed by atoms with Crippen LogP contribution in [0.2, 0.25) is 10.0 Å². The van der Waals surface area contributed by atoms with Gasteiger partial charge in [-0.2, -0.15) is 5.10 Å². The van der Waals surface area contributed by atoms with Crippen molar-refractivity contribution in [2.75, 3.05) is 13.2 Å². The van der Waals surface area contributed by atoms with Gasteiger partial charge in [0.05, 0.1) is 36.1 Å². The van der Waals surface area contributed by atoms with Crippen LogP contribution in [0.15, 0.2) is 42.5 Å². The third-order valence-electron chi connectivity index (χ3n) is 5.47. The van der Waals surface area contributed by atoms with Crippen molar-refractivity contribution in [1.29, 1.82) is 0 Å². The third-order valence-corrected chi connectivity index (χ3v) is 6.00. The summed E-state index contributed by atoms with van der Waals surface area (Å²) < 4.78 is 26.0. The number of rotatable bonds is 4. The molecular formula is C27H26Cl2FN3O4. The van der Waals surface area contributed by atoms with E-state index in [1.54, 1.807) is 62.7 Å². The molecule has 1 amide bonds. The van der Waals surface area contributed by atoms with E-state index >= 15 is 0 Å². The Morgan fingerprint density at radius 3 is 2.43 bits per heavy atom. The van der Waals surface area contributed by atoms with Crippen molar-refractivity contribution in [3.05, 3.63) is 80.8 Å². The molecule has 1 aliphatic rings. The minimum absolute atomic E-state index is 0.0566. The van der Waals surface area contributed by atoms with Gasteiger partial charge in [-0.05, 0) is 75.2 Å². The summed E-state index contributed by atoms with van der Waals surface area (Å²) in [6.07, 6.45) is 1.27. The second-order valence-corrected chi connectivity index (χ2v) is 10.3. The zero-order valence-electron chi connectivity index (χ0n) is 20.8. The second-order valence-electron chi connectivity index (χ2n) is 9.46. The molecule has 7 nitrogen and oxygen atoms in total. The normalized spacial score (nSPS) is 14.5. The molecule has 10 heteroatoms. The molecule has 194 valence electrons. The van der Waals surface area contributed by atoms with Gasteiger partial charge in [-0.15, -0.1) is 0 Å². The largest absolute Gasteiger partial charge is 0.461 e. The molecule has 37 heavy (non-hydrogen) atoms. The molecule has 0 spiro atoms. The maximum Gasteiger partial charge on any atom is 0.410 e. The minimum Gasteiger partial charge on any atom is -0.461 e. The lowest BCUT2D eigenvalue weighted by atomic mass is 9.97. The summed E-state index contributed by atoms with van der Waals surface area (Å²) in [5.74, 6) is -1.00. The quantitative estimate of drug-likeness (QED) is 0.337. The van der Waals surface area contributed by atoms with Gasteiger partial charge in [0, 0.05) is 10.6 Å². The maximum atomic E-state index is 13.6. The maximum absolute atomic E-state index is 13.6. The number of carbonyl (C=O) groups is 2. The average molecular weight is 546 g/mol. The van der Waals surface area contributed by atoms with Crippen LogP contribution in [0.5, 0.6) is 0 Å². The highest BCUT2D eigenvalue weighted by Crippen LogP contribution is 2.36. The van der Waals surface area contributed by atoms with Crippen LogP contribution in [0.25, 0.3) is 17.3 Å². The van der Waals surface area contributed by atoms with E-state index < -0.39 is 17.7 Å². The number of benzene rings is 2. The van der Waals surface area contributed by atoms with Crippen molar-refractivity contribution < 1.29 is 23.5 Å². The Morgan fingerprint density at radius 2 is 1.81 bits per heavy atom. The average Bonchev–Trinajstić information content (AvgIpc) is 3.19. The van der Waals surface area contributed by atoms with Crippen LogP contribution >= 0.6 is 23.2 Å². The van der Waals surface area contributed by atoms with Crippen LogP contribution in [-0.2, 0) is 16.0 Å². The summed E-state index contributed by atoms with van der Waals surface area (Å²) in [5, 5.41) is 5.35. The fourth-order valence-corrected chi connectivity index (χ4v) is 4.47. The molecule has 0 atom stereocenters. The highest BCUT2D eigenvalue weighted by molar-refractivity contribution is 6.35. The molecule has 1 aliphatic heterocycles. The zero-order valence-corrected chi connectivity index (χ0v) is 22.4. The molecule has 0 unspecified atom stereocenters.